The molecule has 5 rings (SSSR count). The van der Waals surface area contributed by atoms with E-state index in [1.807, 2.05) is 18.2 Å². The van der Waals surface area contributed by atoms with Gasteiger partial charge in [-0.05, 0) is 48.9 Å². The summed E-state index contributed by atoms with van der Waals surface area (Å²) in [5.41, 5.74) is 3.52. The van der Waals surface area contributed by atoms with Crippen LogP contribution in [0.1, 0.15) is 12.1 Å². The largest absolute Gasteiger partial charge is 0.493 e. The Morgan fingerprint density at radius 2 is 1.71 bits per heavy atom. The monoisotopic (exact) mass is 554 g/mol. The molecule has 0 bridgehead atoms. The van der Waals surface area contributed by atoms with Gasteiger partial charge in [0.25, 0.3) is 0 Å². The number of hydrogen-bond donors (Lipinski definition) is 0. The van der Waals surface area contributed by atoms with Gasteiger partial charge in [0.1, 0.15) is 9.84 Å². The summed E-state index contributed by atoms with van der Waals surface area (Å²) < 4.78 is 39.7. The van der Waals surface area contributed by atoms with E-state index >= 15 is 0 Å². The van der Waals surface area contributed by atoms with E-state index in [-0.39, 0.29) is 18.0 Å². The second-order valence-corrected chi connectivity index (χ2v) is 11.8. The van der Waals surface area contributed by atoms with Gasteiger partial charge in [-0.3, -0.25) is 14.1 Å². The fourth-order valence-corrected chi connectivity index (χ4v) is 5.64. The first-order valence-corrected chi connectivity index (χ1v) is 14.4. The van der Waals surface area contributed by atoms with Crippen LogP contribution in [-0.2, 0) is 22.9 Å². The Kier molecular flexibility index (Phi) is 6.93. The summed E-state index contributed by atoms with van der Waals surface area (Å²) in [4.78, 5) is 18.2. The first kappa shape index (κ1) is 25.9. The third-order valence-electron chi connectivity index (χ3n) is 6.52. The highest BCUT2D eigenvalue weighted by atomic mass is 35.5. The zero-order valence-electron chi connectivity index (χ0n) is 21.2. The van der Waals surface area contributed by atoms with Crippen molar-refractivity contribution >= 4 is 43.4 Å². The quantitative estimate of drug-likeness (QED) is 0.269. The molecule has 0 unspecified atom stereocenters. The lowest BCUT2D eigenvalue weighted by Gasteiger charge is -2.12. The summed E-state index contributed by atoms with van der Waals surface area (Å²) in [6.45, 7) is 0.737. The number of rotatable bonds is 9. The lowest BCUT2D eigenvalue weighted by molar-refractivity contribution is 0.355. The van der Waals surface area contributed by atoms with Gasteiger partial charge in [0.05, 0.1) is 49.4 Å². The van der Waals surface area contributed by atoms with Gasteiger partial charge in [0, 0.05) is 46.7 Å². The van der Waals surface area contributed by atoms with E-state index in [2.05, 4.69) is 9.55 Å². The SMILES string of the molecule is COc1ccc(-n2c(=O)n(Cc3cc4cc(Cl)ccc4n3CCCS(C)(=O)=O)c3cnccc32)cc1OC. The predicted molar refractivity (Wildman–Crippen MR) is 149 cm³/mol. The Morgan fingerprint density at radius 3 is 2.45 bits per heavy atom. The summed E-state index contributed by atoms with van der Waals surface area (Å²) in [5.74, 6) is 1.14. The maximum absolute atomic E-state index is 13.9. The summed E-state index contributed by atoms with van der Waals surface area (Å²) in [5, 5.41) is 1.52. The van der Waals surface area contributed by atoms with Crippen LogP contribution >= 0.6 is 11.6 Å². The lowest BCUT2D eigenvalue weighted by atomic mass is 10.2. The molecule has 0 N–H and O–H groups in total. The fourth-order valence-electron chi connectivity index (χ4n) is 4.81. The standard InChI is InChI=1S/C27H27ClN4O5S/c1-36-25-8-6-20(15-26(25)37-2)32-23-9-10-29-16-24(23)31(27(32)33)17-21-14-18-13-19(28)5-7-22(18)30(21)11-4-12-38(3,34)35/h5-10,13-16H,4,11-12,17H2,1-3H3. The number of hydrogen-bond acceptors (Lipinski definition) is 6. The molecule has 3 heterocycles. The molecule has 0 radical (unpaired) electrons. The van der Waals surface area contributed by atoms with E-state index < -0.39 is 9.84 Å². The molecule has 0 aliphatic carbocycles. The van der Waals surface area contributed by atoms with E-state index in [9.17, 15) is 13.2 Å². The van der Waals surface area contributed by atoms with Gasteiger partial charge >= 0.3 is 5.69 Å². The molecule has 11 heteroatoms. The molecular weight excluding hydrogens is 528 g/mol. The summed E-state index contributed by atoms with van der Waals surface area (Å²) >= 11 is 6.25. The van der Waals surface area contributed by atoms with Crippen LogP contribution in [0, 0.1) is 0 Å². The average Bonchev–Trinajstić information content (AvgIpc) is 3.36. The number of pyridine rings is 1. The first-order chi connectivity index (χ1) is 18.2. The minimum absolute atomic E-state index is 0.0716. The van der Waals surface area contributed by atoms with Crippen LogP contribution in [0.3, 0.4) is 0 Å². The molecule has 0 fully saturated rings. The minimum Gasteiger partial charge on any atom is -0.493 e. The molecule has 3 aromatic heterocycles. The Morgan fingerprint density at radius 1 is 0.921 bits per heavy atom. The Bertz CT molecular complexity index is 1820. The molecule has 0 aliphatic rings. The van der Waals surface area contributed by atoms with Gasteiger partial charge in [-0.1, -0.05) is 11.6 Å². The van der Waals surface area contributed by atoms with Crippen molar-refractivity contribution in [3.63, 3.8) is 0 Å². The van der Waals surface area contributed by atoms with Crippen molar-refractivity contribution in [1.82, 2.24) is 18.7 Å². The normalized spacial score (nSPS) is 11.9. The zero-order valence-corrected chi connectivity index (χ0v) is 22.8. The number of fused-ring (bicyclic) bond motifs is 2. The maximum Gasteiger partial charge on any atom is 0.334 e. The zero-order chi connectivity index (χ0) is 27.0. The Labute approximate surface area is 224 Å². The van der Waals surface area contributed by atoms with Gasteiger partial charge in [0.15, 0.2) is 11.5 Å². The predicted octanol–water partition coefficient (Wildman–Crippen LogP) is 4.30. The third-order valence-corrected chi connectivity index (χ3v) is 7.79. The van der Waals surface area contributed by atoms with Crippen molar-refractivity contribution in [3.05, 3.63) is 82.1 Å². The molecule has 9 nitrogen and oxygen atoms in total. The fraction of sp³-hybridized carbons (Fsp3) is 0.259. The van der Waals surface area contributed by atoms with Crippen molar-refractivity contribution < 1.29 is 17.9 Å². The Balaban J connectivity index is 1.64. The van der Waals surface area contributed by atoms with Crippen molar-refractivity contribution in [2.75, 3.05) is 26.2 Å². The van der Waals surface area contributed by atoms with E-state index in [0.29, 0.717) is 46.2 Å². The molecule has 0 saturated carbocycles. The van der Waals surface area contributed by atoms with E-state index in [0.717, 1.165) is 16.6 Å². The third kappa shape index (κ3) is 4.89. The molecule has 0 aliphatic heterocycles. The van der Waals surface area contributed by atoms with Crippen molar-refractivity contribution in [3.8, 4) is 17.2 Å². The number of halogens is 1. The summed E-state index contributed by atoms with van der Waals surface area (Å²) in [6, 6.07) is 14.7. The number of aryl methyl sites for hydroxylation is 1. The van der Waals surface area contributed by atoms with Crippen LogP contribution in [0.4, 0.5) is 0 Å². The van der Waals surface area contributed by atoms with Crippen LogP contribution < -0.4 is 15.2 Å². The second kappa shape index (κ2) is 10.2. The van der Waals surface area contributed by atoms with Crippen molar-refractivity contribution in [1.29, 1.82) is 0 Å². The molecule has 0 amide bonds. The highest BCUT2D eigenvalue weighted by molar-refractivity contribution is 7.90. The number of sulfone groups is 1. The van der Waals surface area contributed by atoms with Gasteiger partial charge in [-0.15, -0.1) is 0 Å². The number of benzene rings is 2. The number of ether oxygens (including phenoxy) is 2. The van der Waals surface area contributed by atoms with Gasteiger partial charge < -0.3 is 14.0 Å². The Hall–Kier alpha value is -3.76. The van der Waals surface area contributed by atoms with E-state index in [1.54, 1.807) is 66.1 Å². The summed E-state index contributed by atoms with van der Waals surface area (Å²) in [7, 11) is 0.00385. The molecular formula is C27H27ClN4O5S. The number of nitrogens with zero attached hydrogens (tertiary/aromatic N) is 4. The van der Waals surface area contributed by atoms with Crippen LogP contribution in [0.2, 0.25) is 5.02 Å². The highest BCUT2D eigenvalue weighted by Gasteiger charge is 2.19. The van der Waals surface area contributed by atoms with Crippen LogP contribution in [0.25, 0.3) is 27.6 Å². The van der Waals surface area contributed by atoms with Crippen LogP contribution in [-0.4, -0.2) is 53.3 Å². The number of methoxy groups -OCH3 is 2. The van der Waals surface area contributed by atoms with Gasteiger partial charge in [-0.25, -0.2) is 13.2 Å². The topological polar surface area (TPSA) is 97.3 Å². The number of aromatic nitrogens is 4. The molecule has 0 atom stereocenters. The molecule has 38 heavy (non-hydrogen) atoms. The van der Waals surface area contributed by atoms with E-state index in [4.69, 9.17) is 21.1 Å². The second-order valence-electron chi connectivity index (χ2n) is 9.08. The molecule has 5 aromatic rings. The molecule has 2 aromatic carbocycles. The summed E-state index contributed by atoms with van der Waals surface area (Å²) in [6.07, 6.45) is 4.99. The van der Waals surface area contributed by atoms with Crippen LogP contribution in [0.5, 0.6) is 11.5 Å². The molecule has 0 spiro atoms. The van der Waals surface area contributed by atoms with E-state index in [1.165, 1.54) is 6.26 Å². The molecule has 0 saturated heterocycles. The highest BCUT2D eigenvalue weighted by Crippen LogP contribution is 2.30. The molecule has 198 valence electrons. The minimum atomic E-state index is -3.10. The first-order valence-electron chi connectivity index (χ1n) is 11.9. The van der Waals surface area contributed by atoms with Crippen molar-refractivity contribution in [2.45, 2.75) is 19.5 Å². The van der Waals surface area contributed by atoms with Crippen LogP contribution in [0.15, 0.2) is 65.7 Å². The smallest absolute Gasteiger partial charge is 0.334 e. The van der Waals surface area contributed by atoms with Crippen molar-refractivity contribution in [2.24, 2.45) is 0 Å². The maximum atomic E-state index is 13.9. The number of imidazole rings is 1. The van der Waals surface area contributed by atoms with Gasteiger partial charge in [0.2, 0.25) is 0 Å². The average molecular weight is 555 g/mol. The van der Waals surface area contributed by atoms with Gasteiger partial charge in [-0.2, -0.15) is 0 Å². The lowest BCUT2D eigenvalue weighted by Crippen LogP contribution is -2.24.